The number of rotatable bonds is 6. The zero-order valence-electron chi connectivity index (χ0n) is 11.9. The number of nitrogens with one attached hydrogen (secondary N) is 1. The Kier molecular flexibility index (Phi) is 3.91. The van der Waals surface area contributed by atoms with Crippen molar-refractivity contribution >= 4 is 11.9 Å². The van der Waals surface area contributed by atoms with E-state index in [4.69, 9.17) is 9.63 Å². The number of amides is 1. The highest BCUT2D eigenvalue weighted by molar-refractivity contribution is 5.92. The van der Waals surface area contributed by atoms with Gasteiger partial charge < -0.3 is 14.9 Å². The Morgan fingerprint density at radius 3 is 2.86 bits per heavy atom. The number of benzene rings is 1. The van der Waals surface area contributed by atoms with E-state index < -0.39 is 5.97 Å². The molecule has 1 aliphatic rings. The van der Waals surface area contributed by atoms with Gasteiger partial charge in [-0.05, 0) is 37.0 Å². The molecular weight excluding hydrogens is 284 g/mol. The Morgan fingerprint density at radius 1 is 1.32 bits per heavy atom. The summed E-state index contributed by atoms with van der Waals surface area (Å²) < 4.78 is 5.14. The molecule has 0 radical (unpaired) electrons. The van der Waals surface area contributed by atoms with Crippen LogP contribution in [0.15, 0.2) is 34.9 Å². The molecule has 1 fully saturated rings. The summed E-state index contributed by atoms with van der Waals surface area (Å²) >= 11 is 0. The molecule has 2 N–H and O–H groups in total. The smallest absolute Gasteiger partial charge is 0.335 e. The molecule has 0 bridgehead atoms. The lowest BCUT2D eigenvalue weighted by Gasteiger charge is -2.04. The molecule has 0 unspecified atom stereocenters. The number of carboxylic acid groups (broad SMARTS) is 1. The van der Waals surface area contributed by atoms with Crippen molar-refractivity contribution in [1.29, 1.82) is 0 Å². The summed E-state index contributed by atoms with van der Waals surface area (Å²) in [5.41, 5.74) is 1.40. The molecule has 0 aliphatic heterocycles. The number of aromatic carboxylic acids is 1. The summed E-state index contributed by atoms with van der Waals surface area (Å²) in [6.45, 7) is 0.410. The third kappa shape index (κ3) is 3.33. The molecule has 0 spiro atoms. The van der Waals surface area contributed by atoms with Gasteiger partial charge in [0.05, 0.1) is 5.56 Å². The van der Waals surface area contributed by atoms with E-state index in [9.17, 15) is 9.59 Å². The third-order valence-electron chi connectivity index (χ3n) is 3.61. The van der Waals surface area contributed by atoms with Crippen molar-refractivity contribution in [3.8, 4) is 0 Å². The van der Waals surface area contributed by atoms with Gasteiger partial charge in [0.15, 0.2) is 5.69 Å². The largest absolute Gasteiger partial charge is 0.478 e. The van der Waals surface area contributed by atoms with Crippen LogP contribution < -0.4 is 5.32 Å². The van der Waals surface area contributed by atoms with Crippen LogP contribution in [0.25, 0.3) is 0 Å². The number of hydrogen-bond donors (Lipinski definition) is 2. The molecule has 1 aromatic carbocycles. The lowest BCUT2D eigenvalue weighted by Crippen LogP contribution is -2.26. The normalized spacial score (nSPS) is 13.8. The number of nitrogens with zero attached hydrogens (tertiary/aromatic N) is 1. The van der Waals surface area contributed by atoms with Crippen LogP contribution in [-0.4, -0.2) is 28.7 Å². The van der Waals surface area contributed by atoms with Crippen molar-refractivity contribution in [1.82, 2.24) is 10.5 Å². The predicted molar refractivity (Wildman–Crippen MR) is 77.9 cm³/mol. The molecule has 0 saturated heterocycles. The minimum Gasteiger partial charge on any atom is -0.478 e. The van der Waals surface area contributed by atoms with E-state index in [-0.39, 0.29) is 11.5 Å². The van der Waals surface area contributed by atoms with E-state index >= 15 is 0 Å². The van der Waals surface area contributed by atoms with Crippen LogP contribution in [0.1, 0.15) is 50.9 Å². The van der Waals surface area contributed by atoms with Crippen LogP contribution in [0, 0.1) is 0 Å². The van der Waals surface area contributed by atoms with Gasteiger partial charge in [-0.3, -0.25) is 4.79 Å². The van der Waals surface area contributed by atoms with Gasteiger partial charge in [0.1, 0.15) is 5.76 Å². The first-order chi connectivity index (χ1) is 10.6. The van der Waals surface area contributed by atoms with Crippen LogP contribution >= 0.6 is 0 Å². The molecular formula is C16H16N2O4. The minimum atomic E-state index is -0.957. The van der Waals surface area contributed by atoms with Gasteiger partial charge >= 0.3 is 5.97 Å². The summed E-state index contributed by atoms with van der Waals surface area (Å²) in [5, 5.41) is 15.5. The lowest BCUT2D eigenvalue weighted by atomic mass is 10.1. The third-order valence-corrected chi connectivity index (χ3v) is 3.61. The zero-order valence-corrected chi connectivity index (χ0v) is 11.9. The maximum atomic E-state index is 11.9. The van der Waals surface area contributed by atoms with Gasteiger partial charge in [0.25, 0.3) is 5.91 Å². The first-order valence-corrected chi connectivity index (χ1v) is 7.20. The summed E-state index contributed by atoms with van der Waals surface area (Å²) in [6, 6.07) is 8.37. The second-order valence-electron chi connectivity index (χ2n) is 5.40. The maximum absolute atomic E-state index is 11.9. The molecule has 114 valence electrons. The number of carboxylic acids is 1. The van der Waals surface area contributed by atoms with E-state index in [2.05, 4.69) is 10.5 Å². The highest BCUT2D eigenvalue weighted by Crippen LogP contribution is 2.40. The maximum Gasteiger partial charge on any atom is 0.335 e. The molecule has 1 aromatic heterocycles. The number of carbonyl (C=O) groups excluding carboxylic acids is 1. The van der Waals surface area contributed by atoms with Crippen molar-refractivity contribution in [3.05, 3.63) is 52.9 Å². The van der Waals surface area contributed by atoms with Crippen molar-refractivity contribution in [3.63, 3.8) is 0 Å². The molecule has 1 amide bonds. The fourth-order valence-corrected chi connectivity index (χ4v) is 2.23. The van der Waals surface area contributed by atoms with Crippen molar-refractivity contribution in [2.45, 2.75) is 25.2 Å². The fraction of sp³-hybridized carbons (Fsp3) is 0.312. The van der Waals surface area contributed by atoms with E-state index in [0.29, 0.717) is 24.6 Å². The van der Waals surface area contributed by atoms with E-state index in [1.165, 1.54) is 0 Å². The van der Waals surface area contributed by atoms with Crippen LogP contribution in [0.5, 0.6) is 0 Å². The number of carbonyl (C=O) groups is 2. The average molecular weight is 300 g/mol. The van der Waals surface area contributed by atoms with Crippen molar-refractivity contribution in [2.75, 3.05) is 6.54 Å². The Balaban J connectivity index is 1.52. The van der Waals surface area contributed by atoms with Crippen LogP contribution in [-0.2, 0) is 6.42 Å². The van der Waals surface area contributed by atoms with E-state index in [0.717, 1.165) is 24.2 Å². The molecule has 1 aliphatic carbocycles. The average Bonchev–Trinajstić information content (AvgIpc) is 3.24. The minimum absolute atomic E-state index is 0.245. The molecule has 2 aromatic rings. The Morgan fingerprint density at radius 2 is 2.14 bits per heavy atom. The van der Waals surface area contributed by atoms with Crippen LogP contribution in [0.4, 0.5) is 0 Å². The molecule has 6 heteroatoms. The van der Waals surface area contributed by atoms with Gasteiger partial charge in [0, 0.05) is 18.5 Å². The SMILES string of the molecule is O=C(O)c1cccc(CCNC(=O)c2cc(C3CC3)on2)c1. The summed E-state index contributed by atoms with van der Waals surface area (Å²) in [7, 11) is 0. The van der Waals surface area contributed by atoms with Crippen molar-refractivity contribution in [2.24, 2.45) is 0 Å². The first kappa shape index (κ1) is 14.3. The summed E-state index contributed by atoms with van der Waals surface area (Å²) in [5.74, 6) is -0.0294. The summed E-state index contributed by atoms with van der Waals surface area (Å²) in [6.07, 6.45) is 2.74. The Labute approximate surface area is 127 Å². The fourth-order valence-electron chi connectivity index (χ4n) is 2.23. The zero-order chi connectivity index (χ0) is 15.5. The molecule has 1 saturated carbocycles. The number of aromatic nitrogens is 1. The standard InChI is InChI=1S/C16H16N2O4/c19-15(13-9-14(22-18-13)11-4-5-11)17-7-6-10-2-1-3-12(8-10)16(20)21/h1-3,8-9,11H,4-7H2,(H,17,19)(H,20,21). The van der Waals surface area contributed by atoms with Gasteiger partial charge in [-0.15, -0.1) is 0 Å². The number of hydrogen-bond acceptors (Lipinski definition) is 4. The van der Waals surface area contributed by atoms with Gasteiger partial charge in [0.2, 0.25) is 0 Å². The van der Waals surface area contributed by atoms with Crippen LogP contribution in [0.3, 0.4) is 0 Å². The first-order valence-electron chi connectivity index (χ1n) is 7.20. The Bertz CT molecular complexity index is 704. The molecule has 6 nitrogen and oxygen atoms in total. The molecule has 0 atom stereocenters. The van der Waals surface area contributed by atoms with Gasteiger partial charge in [-0.25, -0.2) is 4.79 Å². The molecule has 22 heavy (non-hydrogen) atoms. The predicted octanol–water partition coefficient (Wildman–Crippen LogP) is 2.22. The van der Waals surface area contributed by atoms with E-state index in [1.807, 2.05) is 6.07 Å². The quantitative estimate of drug-likeness (QED) is 0.853. The van der Waals surface area contributed by atoms with Crippen LogP contribution in [0.2, 0.25) is 0 Å². The van der Waals surface area contributed by atoms with Gasteiger partial charge in [-0.1, -0.05) is 17.3 Å². The Hall–Kier alpha value is -2.63. The second-order valence-corrected chi connectivity index (χ2v) is 5.40. The second kappa shape index (κ2) is 6.01. The molecule has 3 rings (SSSR count). The monoisotopic (exact) mass is 300 g/mol. The topological polar surface area (TPSA) is 92.4 Å². The summed E-state index contributed by atoms with van der Waals surface area (Å²) in [4.78, 5) is 22.8. The highest BCUT2D eigenvalue weighted by atomic mass is 16.5. The van der Waals surface area contributed by atoms with Gasteiger partial charge in [-0.2, -0.15) is 0 Å². The van der Waals surface area contributed by atoms with Crippen molar-refractivity contribution < 1.29 is 19.2 Å². The highest BCUT2D eigenvalue weighted by Gasteiger charge is 2.28. The molecule has 1 heterocycles. The lowest BCUT2D eigenvalue weighted by molar-refractivity contribution is 0.0696. The van der Waals surface area contributed by atoms with E-state index in [1.54, 1.807) is 24.3 Å².